The van der Waals surface area contributed by atoms with E-state index in [1.807, 2.05) is 13.8 Å². The summed E-state index contributed by atoms with van der Waals surface area (Å²) in [5.41, 5.74) is 0. The highest BCUT2D eigenvalue weighted by Crippen LogP contribution is 2.36. The molecule has 21 heavy (non-hydrogen) atoms. The lowest BCUT2D eigenvalue weighted by molar-refractivity contribution is -0.146. The number of carboxylic acid groups (broad SMARTS) is 1. The lowest BCUT2D eigenvalue weighted by atomic mass is 9.95. The summed E-state index contributed by atoms with van der Waals surface area (Å²) < 4.78 is 5.30. The number of hydrogen-bond donors (Lipinski definition) is 2. The maximum Gasteiger partial charge on any atom is 0.307 e. The number of nitrogens with one attached hydrogen (secondary N) is 1. The summed E-state index contributed by atoms with van der Waals surface area (Å²) in [4.78, 5) is 25.9. The van der Waals surface area contributed by atoms with E-state index in [2.05, 4.69) is 10.2 Å². The number of hydrogen-bond acceptors (Lipinski definition) is 4. The van der Waals surface area contributed by atoms with Crippen LogP contribution in [0.1, 0.15) is 26.7 Å². The van der Waals surface area contributed by atoms with E-state index in [9.17, 15) is 14.7 Å². The van der Waals surface area contributed by atoms with Crippen LogP contribution in [-0.4, -0.2) is 60.8 Å². The molecule has 120 valence electrons. The summed E-state index contributed by atoms with van der Waals surface area (Å²) >= 11 is 0. The first-order valence-corrected chi connectivity index (χ1v) is 7.80. The monoisotopic (exact) mass is 298 g/mol. The summed E-state index contributed by atoms with van der Waals surface area (Å²) in [6, 6.07) is 0.0287. The summed E-state index contributed by atoms with van der Waals surface area (Å²) in [6.07, 6.45) is 1.28. The normalized spacial score (nSPS) is 31.8. The van der Waals surface area contributed by atoms with Gasteiger partial charge in [-0.2, -0.15) is 0 Å². The molecule has 2 aliphatic rings. The third-order valence-corrected chi connectivity index (χ3v) is 4.48. The van der Waals surface area contributed by atoms with Crippen LogP contribution < -0.4 is 5.32 Å². The number of nitrogens with zero attached hydrogens (tertiary/aromatic N) is 1. The highest BCUT2D eigenvalue weighted by Gasteiger charge is 2.41. The number of carbonyl (C=O) groups is 2. The smallest absolute Gasteiger partial charge is 0.307 e. The van der Waals surface area contributed by atoms with Crippen LogP contribution in [0.15, 0.2) is 0 Å². The molecule has 1 amide bonds. The average Bonchev–Trinajstić information content (AvgIpc) is 2.82. The first kappa shape index (κ1) is 16.2. The lowest BCUT2D eigenvalue weighted by Gasteiger charge is -2.30. The van der Waals surface area contributed by atoms with Crippen molar-refractivity contribution in [3.8, 4) is 0 Å². The zero-order valence-electron chi connectivity index (χ0n) is 12.9. The van der Waals surface area contributed by atoms with Gasteiger partial charge in [-0.15, -0.1) is 0 Å². The van der Waals surface area contributed by atoms with Crippen LogP contribution in [0.25, 0.3) is 0 Å². The van der Waals surface area contributed by atoms with Crippen molar-refractivity contribution in [2.24, 2.45) is 17.8 Å². The Kier molecular flexibility index (Phi) is 5.58. The Hall–Kier alpha value is -1.14. The standard InChI is InChI=1S/C15H26N2O4/c1-10-7-12(13(8-10)15(19)20)14(18)16-11(2)9-17-3-5-21-6-4-17/h10-13H,3-9H2,1-2H3,(H,16,18)(H,19,20)/t10?,11?,12-,13+/m0/s1. The molecule has 2 unspecified atom stereocenters. The van der Waals surface area contributed by atoms with E-state index in [1.54, 1.807) is 0 Å². The van der Waals surface area contributed by atoms with Gasteiger partial charge in [0.25, 0.3) is 0 Å². The largest absolute Gasteiger partial charge is 0.481 e. The van der Waals surface area contributed by atoms with E-state index in [0.717, 1.165) is 32.8 Å². The number of carboxylic acids is 1. The van der Waals surface area contributed by atoms with Crippen molar-refractivity contribution < 1.29 is 19.4 Å². The van der Waals surface area contributed by atoms with Crippen molar-refractivity contribution in [2.45, 2.75) is 32.7 Å². The van der Waals surface area contributed by atoms with Crippen molar-refractivity contribution >= 4 is 11.9 Å². The predicted octanol–water partition coefficient (Wildman–Crippen LogP) is 0.570. The SMILES string of the molecule is CC1C[C@H](C(=O)NC(C)CN2CCOCC2)[C@H](C(=O)O)C1. The van der Waals surface area contributed by atoms with E-state index in [0.29, 0.717) is 18.8 Å². The molecule has 1 aliphatic heterocycles. The van der Waals surface area contributed by atoms with Gasteiger partial charge >= 0.3 is 5.97 Å². The van der Waals surface area contributed by atoms with Crippen LogP contribution >= 0.6 is 0 Å². The second-order valence-corrected chi connectivity index (χ2v) is 6.45. The highest BCUT2D eigenvalue weighted by molar-refractivity contribution is 5.85. The average molecular weight is 298 g/mol. The molecule has 0 aromatic rings. The van der Waals surface area contributed by atoms with Crippen molar-refractivity contribution in [1.82, 2.24) is 10.2 Å². The van der Waals surface area contributed by atoms with Crippen molar-refractivity contribution in [3.05, 3.63) is 0 Å². The zero-order valence-corrected chi connectivity index (χ0v) is 12.9. The first-order valence-electron chi connectivity index (χ1n) is 7.80. The second-order valence-electron chi connectivity index (χ2n) is 6.45. The van der Waals surface area contributed by atoms with Crippen molar-refractivity contribution in [3.63, 3.8) is 0 Å². The number of rotatable bonds is 5. The molecule has 1 saturated carbocycles. The van der Waals surface area contributed by atoms with Gasteiger partial charge in [0.1, 0.15) is 0 Å². The number of ether oxygens (including phenoxy) is 1. The topological polar surface area (TPSA) is 78.9 Å². The molecular formula is C15H26N2O4. The third kappa shape index (κ3) is 4.41. The quantitative estimate of drug-likeness (QED) is 0.776. The van der Waals surface area contributed by atoms with Crippen LogP contribution in [0.2, 0.25) is 0 Å². The Labute approximate surface area is 125 Å². The molecule has 2 rings (SSSR count). The maximum absolute atomic E-state index is 12.3. The van der Waals surface area contributed by atoms with Gasteiger partial charge in [0.05, 0.1) is 25.0 Å². The fraction of sp³-hybridized carbons (Fsp3) is 0.867. The van der Waals surface area contributed by atoms with Crippen molar-refractivity contribution in [1.29, 1.82) is 0 Å². The fourth-order valence-electron chi connectivity index (χ4n) is 3.42. The minimum absolute atomic E-state index is 0.0287. The van der Waals surface area contributed by atoms with Gasteiger partial charge in [-0.3, -0.25) is 14.5 Å². The number of carbonyl (C=O) groups excluding carboxylic acids is 1. The Balaban J connectivity index is 1.83. The molecule has 0 spiro atoms. The maximum atomic E-state index is 12.3. The summed E-state index contributed by atoms with van der Waals surface area (Å²) in [5.74, 6) is -1.57. The molecular weight excluding hydrogens is 272 g/mol. The predicted molar refractivity (Wildman–Crippen MR) is 77.9 cm³/mol. The highest BCUT2D eigenvalue weighted by atomic mass is 16.5. The van der Waals surface area contributed by atoms with E-state index in [4.69, 9.17) is 4.74 Å². The van der Waals surface area contributed by atoms with E-state index in [-0.39, 0.29) is 17.9 Å². The minimum Gasteiger partial charge on any atom is -0.481 e. The number of morpholine rings is 1. The van der Waals surface area contributed by atoms with Gasteiger partial charge in [0.15, 0.2) is 0 Å². The summed E-state index contributed by atoms with van der Waals surface area (Å²) in [5, 5.41) is 12.2. The molecule has 1 aliphatic carbocycles. The molecule has 1 saturated heterocycles. The number of amides is 1. The lowest BCUT2D eigenvalue weighted by Crippen LogP contribution is -2.48. The van der Waals surface area contributed by atoms with Gasteiger partial charge in [0.2, 0.25) is 5.91 Å². The zero-order chi connectivity index (χ0) is 15.4. The molecule has 0 aromatic heterocycles. The Bertz CT molecular complexity index is 382. The Morgan fingerprint density at radius 3 is 2.52 bits per heavy atom. The fourth-order valence-corrected chi connectivity index (χ4v) is 3.42. The summed E-state index contributed by atoms with van der Waals surface area (Å²) in [7, 11) is 0. The van der Waals surface area contributed by atoms with E-state index < -0.39 is 11.9 Å². The van der Waals surface area contributed by atoms with Crippen LogP contribution in [0.5, 0.6) is 0 Å². The molecule has 0 aromatic carbocycles. The Morgan fingerprint density at radius 2 is 1.90 bits per heavy atom. The van der Waals surface area contributed by atoms with Crippen LogP contribution in [0.4, 0.5) is 0 Å². The number of aliphatic carboxylic acids is 1. The van der Waals surface area contributed by atoms with E-state index >= 15 is 0 Å². The third-order valence-electron chi connectivity index (χ3n) is 4.48. The molecule has 6 heteroatoms. The van der Waals surface area contributed by atoms with E-state index in [1.165, 1.54) is 0 Å². The van der Waals surface area contributed by atoms with Crippen molar-refractivity contribution in [2.75, 3.05) is 32.8 Å². The van der Waals surface area contributed by atoms with Crippen LogP contribution in [-0.2, 0) is 14.3 Å². The minimum atomic E-state index is -0.847. The van der Waals surface area contributed by atoms with Gasteiger partial charge in [-0.1, -0.05) is 6.92 Å². The van der Waals surface area contributed by atoms with Crippen LogP contribution in [0, 0.1) is 17.8 Å². The first-order chi connectivity index (χ1) is 9.97. The molecule has 1 heterocycles. The molecule has 6 nitrogen and oxygen atoms in total. The summed E-state index contributed by atoms with van der Waals surface area (Å²) in [6.45, 7) is 8.03. The van der Waals surface area contributed by atoms with Crippen LogP contribution in [0.3, 0.4) is 0 Å². The van der Waals surface area contributed by atoms with Gasteiger partial charge in [0, 0.05) is 25.7 Å². The Morgan fingerprint density at radius 1 is 1.29 bits per heavy atom. The van der Waals surface area contributed by atoms with Gasteiger partial charge < -0.3 is 15.2 Å². The second kappa shape index (κ2) is 7.22. The molecule has 2 fully saturated rings. The molecule has 0 radical (unpaired) electrons. The molecule has 2 N–H and O–H groups in total. The van der Waals surface area contributed by atoms with Gasteiger partial charge in [-0.25, -0.2) is 0 Å². The molecule has 4 atom stereocenters. The molecule has 0 bridgehead atoms. The van der Waals surface area contributed by atoms with Gasteiger partial charge in [-0.05, 0) is 25.7 Å².